The zero-order valence-electron chi connectivity index (χ0n) is 17.8. The molecule has 0 aliphatic heterocycles. The van der Waals surface area contributed by atoms with Crippen LogP contribution < -0.4 is 10.5 Å². The number of hydrogen-bond acceptors (Lipinski definition) is 7. The third kappa shape index (κ3) is 3.69. The molecular weight excluding hydrogens is 471 g/mol. The smallest absolute Gasteiger partial charge is 0.354 e. The van der Waals surface area contributed by atoms with Crippen LogP contribution >= 0.6 is 11.3 Å². The predicted molar refractivity (Wildman–Crippen MR) is 120 cm³/mol. The van der Waals surface area contributed by atoms with Crippen molar-refractivity contribution in [1.29, 1.82) is 0 Å². The van der Waals surface area contributed by atoms with Gasteiger partial charge in [0.2, 0.25) is 0 Å². The minimum Gasteiger partial charge on any atom is -0.393 e. The zero-order valence-corrected chi connectivity index (χ0v) is 19.4. The molecule has 1 fully saturated rings. The van der Waals surface area contributed by atoms with Crippen LogP contribution in [0, 0.1) is 5.82 Å². The highest BCUT2D eigenvalue weighted by atomic mass is 32.2. The van der Waals surface area contributed by atoms with Crippen LogP contribution in [-0.2, 0) is 40.2 Å². The Morgan fingerprint density at radius 2 is 2.00 bits per heavy atom. The Morgan fingerprint density at radius 3 is 2.67 bits per heavy atom. The number of halogens is 1. The van der Waals surface area contributed by atoms with Gasteiger partial charge in [0.25, 0.3) is 0 Å². The van der Waals surface area contributed by atoms with Crippen molar-refractivity contribution in [3.63, 3.8) is 0 Å². The van der Waals surface area contributed by atoms with E-state index in [2.05, 4.69) is 9.68 Å². The van der Waals surface area contributed by atoms with Gasteiger partial charge < -0.3 is 20.6 Å². The molecule has 3 aliphatic carbocycles. The third-order valence-corrected chi connectivity index (χ3v) is 10.1. The summed E-state index contributed by atoms with van der Waals surface area (Å²) in [5.41, 5.74) is 2.67. The number of aryl methyl sites for hydroxylation is 1. The van der Waals surface area contributed by atoms with Crippen molar-refractivity contribution in [3.8, 4) is 0 Å². The summed E-state index contributed by atoms with van der Waals surface area (Å²) in [5.74, 6) is -1.04. The second-order valence-corrected chi connectivity index (χ2v) is 12.1. The Kier molecular flexibility index (Phi) is 5.38. The van der Waals surface area contributed by atoms with E-state index < -0.39 is 44.8 Å². The van der Waals surface area contributed by atoms with Crippen molar-refractivity contribution < 1.29 is 28.7 Å². The molecule has 2 amide bonds. The molecule has 0 aromatic carbocycles. The lowest BCUT2D eigenvalue weighted by Gasteiger charge is -2.21. The maximum absolute atomic E-state index is 14.5. The van der Waals surface area contributed by atoms with Crippen LogP contribution in [0.1, 0.15) is 53.1 Å². The molecule has 2 heterocycles. The number of thiophene rings is 1. The number of aromatic nitrogens is 1. The summed E-state index contributed by atoms with van der Waals surface area (Å²) in [7, 11) is -3.99. The van der Waals surface area contributed by atoms with Gasteiger partial charge in [-0.1, -0.05) is 0 Å². The predicted octanol–water partition coefficient (Wildman–Crippen LogP) is 1.85. The summed E-state index contributed by atoms with van der Waals surface area (Å²) in [6.45, 7) is -1.77. The van der Waals surface area contributed by atoms with E-state index >= 15 is 0 Å². The van der Waals surface area contributed by atoms with Crippen LogP contribution in [0.2, 0.25) is 0 Å². The molecule has 0 bridgehead atoms. The van der Waals surface area contributed by atoms with Gasteiger partial charge >= 0.3 is 6.03 Å². The number of anilines is 1. The van der Waals surface area contributed by atoms with E-state index in [9.17, 15) is 28.7 Å². The molecule has 0 radical (unpaired) electrons. The lowest BCUT2D eigenvalue weighted by atomic mass is 10.0. The van der Waals surface area contributed by atoms with Gasteiger partial charge in [-0.05, 0) is 62.1 Å². The van der Waals surface area contributed by atoms with Crippen LogP contribution in [-0.4, -0.2) is 43.8 Å². The minimum atomic E-state index is -3.99. The molecule has 178 valence electrons. The van der Waals surface area contributed by atoms with Crippen molar-refractivity contribution >= 4 is 33.0 Å². The topological polar surface area (TPSA) is 158 Å². The van der Waals surface area contributed by atoms with Crippen LogP contribution in [0.25, 0.3) is 0 Å². The summed E-state index contributed by atoms with van der Waals surface area (Å²) >= 11 is 0.490. The normalized spacial score (nSPS) is 19.8. The summed E-state index contributed by atoms with van der Waals surface area (Å²) < 4.78 is 30.6. The Balaban J connectivity index is 1.48. The molecule has 1 spiro atoms. The Hall–Kier alpha value is -1.96. The van der Waals surface area contributed by atoms with E-state index in [1.807, 2.05) is 0 Å². The molecule has 5 rings (SSSR count). The van der Waals surface area contributed by atoms with E-state index in [4.69, 9.17) is 10.1 Å². The number of fused-ring (bicyclic) bond motifs is 3. The van der Waals surface area contributed by atoms with Gasteiger partial charge in [-0.3, -0.25) is 4.98 Å². The molecule has 9 nitrogen and oxygen atoms in total. The van der Waals surface area contributed by atoms with Crippen molar-refractivity contribution in [2.24, 2.45) is 9.50 Å². The zero-order chi connectivity index (χ0) is 23.6. The number of amides is 2. The van der Waals surface area contributed by atoms with E-state index in [0.29, 0.717) is 17.0 Å². The Bertz CT molecular complexity index is 1280. The van der Waals surface area contributed by atoms with Crippen LogP contribution in [0.4, 0.5) is 14.9 Å². The molecule has 6 N–H and O–H groups in total. The standard InChI is InChI=1S/C21H25FN4O5S2/c22-13-8-15(21(30,9-27)10-28)32-18(13)33(23,31)26-19(29)25-16-11-2-1-3-14(11)24-17-12(16)4-5-20(17)6-7-20/h8,27-28,30H,1-7,9-10H2,(H3,23,24,25,26,29,31). The fourth-order valence-electron chi connectivity index (χ4n) is 4.86. The van der Waals surface area contributed by atoms with Crippen LogP contribution in [0.5, 0.6) is 0 Å². The maximum Gasteiger partial charge on any atom is 0.354 e. The molecular formula is C21H25FN4O5S2. The Morgan fingerprint density at radius 1 is 1.27 bits per heavy atom. The van der Waals surface area contributed by atoms with Crippen molar-refractivity contribution in [2.75, 3.05) is 18.5 Å². The second kappa shape index (κ2) is 7.79. The lowest BCUT2D eigenvalue weighted by Crippen LogP contribution is -2.33. The molecule has 1 atom stereocenters. The number of carbonyl (C=O) groups is 1. The number of pyridine rings is 1. The fourth-order valence-corrected chi connectivity index (χ4v) is 7.27. The molecule has 1 saturated carbocycles. The number of nitrogens with zero attached hydrogens (tertiary/aromatic N) is 2. The Labute approximate surface area is 194 Å². The monoisotopic (exact) mass is 496 g/mol. The van der Waals surface area contributed by atoms with Crippen LogP contribution in [0.15, 0.2) is 14.6 Å². The van der Waals surface area contributed by atoms with Gasteiger partial charge in [0.1, 0.15) is 5.60 Å². The average molecular weight is 497 g/mol. The van der Waals surface area contributed by atoms with E-state index in [-0.39, 0.29) is 10.3 Å². The molecule has 2 aromatic heterocycles. The van der Waals surface area contributed by atoms with Gasteiger partial charge in [-0.2, -0.15) is 0 Å². The first-order chi connectivity index (χ1) is 15.6. The number of carbonyl (C=O) groups excluding carboxylic acids is 1. The average Bonchev–Trinajstić information content (AvgIpc) is 3.09. The number of urea groups is 1. The van der Waals surface area contributed by atoms with Crippen molar-refractivity contribution in [2.45, 2.75) is 60.2 Å². The highest BCUT2D eigenvalue weighted by molar-refractivity contribution is 7.93. The van der Waals surface area contributed by atoms with Crippen molar-refractivity contribution in [3.05, 3.63) is 39.3 Å². The molecule has 12 heteroatoms. The minimum absolute atomic E-state index is 0.123. The number of aliphatic hydroxyl groups excluding tert-OH is 2. The van der Waals surface area contributed by atoms with Gasteiger partial charge in [0, 0.05) is 16.0 Å². The highest BCUT2D eigenvalue weighted by Gasteiger charge is 2.51. The largest absolute Gasteiger partial charge is 0.393 e. The number of nitrogens with one attached hydrogen (secondary N) is 1. The summed E-state index contributed by atoms with van der Waals surface area (Å²) in [6, 6.07) is -0.125. The van der Waals surface area contributed by atoms with Crippen LogP contribution in [0.3, 0.4) is 0 Å². The molecule has 33 heavy (non-hydrogen) atoms. The van der Waals surface area contributed by atoms with Crippen molar-refractivity contribution in [1.82, 2.24) is 4.98 Å². The highest BCUT2D eigenvalue weighted by Crippen LogP contribution is 2.58. The number of rotatable bonds is 5. The number of hydrogen-bond donors (Lipinski definition) is 5. The SMILES string of the molecule is NS(=O)(=NC(=O)Nc1c2c(nc3c1CCC31CC1)CCC2)c1sc(C(O)(CO)CO)cc1F. The van der Waals surface area contributed by atoms with E-state index in [0.717, 1.165) is 73.5 Å². The van der Waals surface area contributed by atoms with Gasteiger partial charge in [-0.25, -0.2) is 18.5 Å². The second-order valence-electron chi connectivity index (χ2n) is 9.06. The molecule has 0 saturated heterocycles. The molecule has 3 aliphatic rings. The maximum atomic E-state index is 14.5. The fraction of sp³-hybridized carbons (Fsp3) is 0.524. The quantitative estimate of drug-likeness (QED) is 0.425. The van der Waals surface area contributed by atoms with E-state index in [1.54, 1.807) is 0 Å². The first-order valence-corrected chi connectivity index (χ1v) is 13.2. The summed E-state index contributed by atoms with van der Waals surface area (Å²) in [4.78, 5) is 17.5. The molecule has 2 aromatic rings. The first-order valence-electron chi connectivity index (χ1n) is 10.8. The van der Waals surface area contributed by atoms with Gasteiger partial charge in [0.05, 0.1) is 24.6 Å². The number of aliphatic hydroxyl groups is 3. The van der Waals surface area contributed by atoms with E-state index in [1.165, 1.54) is 0 Å². The first kappa shape index (κ1) is 22.8. The summed E-state index contributed by atoms with van der Waals surface area (Å²) in [5, 5.41) is 37.4. The third-order valence-electron chi connectivity index (χ3n) is 6.89. The number of nitrogens with two attached hydrogens (primary N) is 1. The molecule has 1 unspecified atom stereocenters. The lowest BCUT2D eigenvalue weighted by molar-refractivity contribution is -0.0572. The van der Waals surface area contributed by atoms with Gasteiger partial charge in [-0.15, -0.1) is 15.7 Å². The summed E-state index contributed by atoms with van der Waals surface area (Å²) in [6.07, 6.45) is 6.53. The van der Waals surface area contributed by atoms with Gasteiger partial charge in [0.15, 0.2) is 19.9 Å².